The second kappa shape index (κ2) is 21.4. The van der Waals surface area contributed by atoms with E-state index in [4.69, 9.17) is 13.9 Å². The third-order valence-electron chi connectivity index (χ3n) is 6.90. The van der Waals surface area contributed by atoms with Gasteiger partial charge in [-0.1, -0.05) is 173 Å². The largest absolute Gasteiger partial charge is 0.466 e. The summed E-state index contributed by atoms with van der Waals surface area (Å²) in [4.78, 5) is 0. The number of ether oxygens (including phenoxy) is 2. The van der Waals surface area contributed by atoms with Crippen LogP contribution >= 0.6 is 0 Å². The van der Waals surface area contributed by atoms with E-state index in [1.165, 1.54) is 24.0 Å². The van der Waals surface area contributed by atoms with Crippen molar-refractivity contribution in [2.75, 3.05) is 26.4 Å². The zero-order valence-corrected chi connectivity index (χ0v) is 36.4. The number of rotatable bonds is 12. The van der Waals surface area contributed by atoms with Crippen LogP contribution in [0.5, 0.6) is 0 Å². The van der Waals surface area contributed by atoms with E-state index in [0.29, 0.717) is 5.41 Å². The Kier molecular flexibility index (Phi) is 20.5. The third-order valence-corrected chi connectivity index (χ3v) is 6.90. The molecule has 50 heavy (non-hydrogen) atoms. The van der Waals surface area contributed by atoms with E-state index in [1.54, 1.807) is 0 Å². The number of benzene rings is 1. The Morgan fingerprint density at radius 3 is 1.56 bits per heavy atom. The molecule has 0 aliphatic heterocycles. The molecule has 0 aliphatic rings. The fraction of sp³-hybridized carbons (Fsp3) is 0.702. The van der Waals surface area contributed by atoms with Crippen LogP contribution in [0.25, 0.3) is 6.08 Å². The first-order valence-electron chi connectivity index (χ1n) is 19.2. The van der Waals surface area contributed by atoms with Crippen molar-refractivity contribution in [1.82, 2.24) is 0 Å². The van der Waals surface area contributed by atoms with Gasteiger partial charge in [-0.25, -0.2) is 0 Å². The van der Waals surface area contributed by atoms with E-state index in [9.17, 15) is 0 Å². The fourth-order valence-corrected chi connectivity index (χ4v) is 4.42. The Bertz CT molecular complexity index is 1200. The number of hydrogen-bond acceptors (Lipinski definition) is 3. The monoisotopic (exact) mass is 695 g/mol. The Labute approximate surface area is 312 Å². The topological polar surface area (TPSA) is 31.6 Å². The lowest BCUT2D eigenvalue weighted by Gasteiger charge is -2.19. The number of hydrogen-bond donors (Lipinski definition) is 0. The molecule has 0 atom stereocenters. The molecule has 2 aromatic rings. The molecule has 0 unspecified atom stereocenters. The van der Waals surface area contributed by atoms with Gasteiger partial charge in [0.2, 0.25) is 0 Å². The molecule has 0 N–H and O–H groups in total. The molecular formula is C47H82O3. The van der Waals surface area contributed by atoms with Crippen molar-refractivity contribution >= 4 is 6.08 Å². The molecule has 288 valence electrons. The molecule has 0 saturated carbocycles. The van der Waals surface area contributed by atoms with Crippen LogP contribution in [0.4, 0.5) is 0 Å². The van der Waals surface area contributed by atoms with Gasteiger partial charge in [0.15, 0.2) is 0 Å². The minimum atomic E-state index is 0.251. The summed E-state index contributed by atoms with van der Waals surface area (Å²) in [7, 11) is 0. The van der Waals surface area contributed by atoms with Gasteiger partial charge in [0.05, 0.1) is 13.2 Å². The Morgan fingerprint density at radius 1 is 0.580 bits per heavy atom. The fourth-order valence-electron chi connectivity index (χ4n) is 4.42. The highest BCUT2D eigenvalue weighted by Crippen LogP contribution is 2.24. The molecule has 0 bridgehead atoms. The number of furan rings is 1. The summed E-state index contributed by atoms with van der Waals surface area (Å²) in [5, 5.41) is 0. The lowest BCUT2D eigenvalue weighted by atomic mass is 9.88. The zero-order chi connectivity index (χ0) is 38.9. The quantitative estimate of drug-likeness (QED) is 0.164. The summed E-state index contributed by atoms with van der Waals surface area (Å²) in [6.07, 6.45) is 14.2. The van der Waals surface area contributed by atoms with Gasteiger partial charge >= 0.3 is 0 Å². The summed E-state index contributed by atoms with van der Waals surface area (Å²) in [5.41, 5.74) is 4.51. The first kappa shape index (κ1) is 47.9. The van der Waals surface area contributed by atoms with Gasteiger partial charge in [-0.05, 0) is 75.0 Å². The SMILES string of the molecule is CC(C)(C)/C=C/Cc1ccc(CC(C)(C)C)o1.CC(C)(C)/C=C/c1cccc(CCC(C)(C)C)c1.CC(C)(C)COCCCOCC(C)(C)C. The lowest BCUT2D eigenvalue weighted by Crippen LogP contribution is -2.17. The Balaban J connectivity index is 0.000000724. The van der Waals surface area contributed by atoms with Crippen LogP contribution in [0.3, 0.4) is 0 Å². The average Bonchev–Trinajstić information content (AvgIpc) is 3.34. The molecule has 2 rings (SSSR count). The first-order valence-corrected chi connectivity index (χ1v) is 19.2. The molecular weight excluding hydrogens is 613 g/mol. The second-order valence-electron chi connectivity index (χ2n) is 21.2. The van der Waals surface area contributed by atoms with Crippen LogP contribution in [-0.4, -0.2) is 26.4 Å². The molecule has 1 aromatic carbocycles. The highest BCUT2D eigenvalue weighted by molar-refractivity contribution is 5.51. The van der Waals surface area contributed by atoms with E-state index in [0.717, 1.165) is 57.2 Å². The Morgan fingerprint density at radius 2 is 1.10 bits per heavy atom. The zero-order valence-electron chi connectivity index (χ0n) is 36.4. The van der Waals surface area contributed by atoms with Crippen LogP contribution in [0, 0.1) is 32.5 Å². The average molecular weight is 695 g/mol. The molecule has 0 saturated heterocycles. The minimum Gasteiger partial charge on any atom is -0.466 e. The molecule has 3 nitrogen and oxygen atoms in total. The number of aryl methyl sites for hydroxylation is 1. The maximum absolute atomic E-state index is 5.82. The molecule has 3 heteroatoms. The van der Waals surface area contributed by atoms with Crippen molar-refractivity contribution in [3.63, 3.8) is 0 Å². The summed E-state index contributed by atoms with van der Waals surface area (Å²) >= 11 is 0. The van der Waals surface area contributed by atoms with Gasteiger partial charge in [-0.3, -0.25) is 0 Å². The van der Waals surface area contributed by atoms with Gasteiger partial charge in [-0.15, -0.1) is 0 Å². The number of allylic oxidation sites excluding steroid dienone is 3. The van der Waals surface area contributed by atoms with Crippen LogP contribution < -0.4 is 0 Å². The van der Waals surface area contributed by atoms with Gasteiger partial charge in [0, 0.05) is 26.1 Å². The van der Waals surface area contributed by atoms with E-state index >= 15 is 0 Å². The van der Waals surface area contributed by atoms with E-state index < -0.39 is 0 Å². The van der Waals surface area contributed by atoms with E-state index in [1.807, 2.05) is 0 Å². The summed E-state index contributed by atoms with van der Waals surface area (Å²) in [6, 6.07) is 13.1. The van der Waals surface area contributed by atoms with Crippen molar-refractivity contribution in [3.05, 3.63) is 77.3 Å². The minimum absolute atomic E-state index is 0.251. The normalized spacial score (nSPS) is 13.3. The standard InChI is InChI=1S/C18H28.C16H26O.C13H28O2/c1-17(2,3)12-10-15-8-7-9-16(14-15)11-13-18(4,5)6;1-15(2,3)11-7-8-13-9-10-14(17-13)12-16(4,5)6;1-12(2,3)10-14-8-7-9-15-11-13(4,5)6/h7-10,12,14H,11,13H2,1-6H3;7,9-11H,8,12H2,1-6H3;7-11H2,1-6H3/b12-10+;11-7+;. The second-order valence-corrected chi connectivity index (χ2v) is 21.2. The maximum Gasteiger partial charge on any atom is 0.107 e. The van der Waals surface area contributed by atoms with Gasteiger partial charge in [-0.2, -0.15) is 0 Å². The van der Waals surface area contributed by atoms with Crippen LogP contribution in [0.2, 0.25) is 0 Å². The molecule has 0 amide bonds. The predicted octanol–water partition coefficient (Wildman–Crippen LogP) is 14.2. The van der Waals surface area contributed by atoms with Crippen molar-refractivity contribution in [2.24, 2.45) is 32.5 Å². The van der Waals surface area contributed by atoms with Gasteiger partial charge in [0.25, 0.3) is 0 Å². The highest BCUT2D eigenvalue weighted by Gasteiger charge is 2.14. The highest BCUT2D eigenvalue weighted by atomic mass is 16.5. The maximum atomic E-state index is 5.82. The van der Waals surface area contributed by atoms with Crippen LogP contribution in [0.1, 0.15) is 160 Å². The molecule has 0 fully saturated rings. The first-order chi connectivity index (χ1) is 22.5. The van der Waals surface area contributed by atoms with Crippen molar-refractivity contribution in [1.29, 1.82) is 0 Å². The summed E-state index contributed by atoms with van der Waals surface area (Å²) in [5.74, 6) is 2.15. The lowest BCUT2D eigenvalue weighted by molar-refractivity contribution is 0.0315. The van der Waals surface area contributed by atoms with Crippen LogP contribution in [-0.2, 0) is 28.7 Å². The molecule has 1 aromatic heterocycles. The molecule has 0 aliphatic carbocycles. The smallest absolute Gasteiger partial charge is 0.107 e. The third kappa shape index (κ3) is 33.1. The van der Waals surface area contributed by atoms with Crippen molar-refractivity contribution < 1.29 is 13.9 Å². The predicted molar refractivity (Wildman–Crippen MR) is 222 cm³/mol. The summed E-state index contributed by atoms with van der Waals surface area (Å²) in [6.45, 7) is 43.3. The van der Waals surface area contributed by atoms with Crippen molar-refractivity contribution in [2.45, 2.75) is 157 Å². The van der Waals surface area contributed by atoms with E-state index in [2.05, 4.69) is 185 Å². The summed E-state index contributed by atoms with van der Waals surface area (Å²) < 4.78 is 16.9. The molecule has 0 radical (unpaired) electrons. The molecule has 0 spiro atoms. The van der Waals surface area contributed by atoms with Crippen LogP contribution in [0.15, 0.2) is 59.0 Å². The van der Waals surface area contributed by atoms with Gasteiger partial charge < -0.3 is 13.9 Å². The van der Waals surface area contributed by atoms with Gasteiger partial charge in [0.1, 0.15) is 11.5 Å². The molecule has 1 heterocycles. The Hall–Kier alpha value is -2.10. The van der Waals surface area contributed by atoms with E-state index in [-0.39, 0.29) is 27.1 Å². The van der Waals surface area contributed by atoms with Crippen molar-refractivity contribution in [3.8, 4) is 0 Å².